The van der Waals surface area contributed by atoms with Crippen LogP contribution in [0.2, 0.25) is 0 Å². The highest BCUT2D eigenvalue weighted by atomic mass is 19.3. The molecule has 22 heavy (non-hydrogen) atoms. The Labute approximate surface area is 126 Å². The van der Waals surface area contributed by atoms with Crippen molar-refractivity contribution < 1.29 is 18.1 Å². The van der Waals surface area contributed by atoms with E-state index in [1.807, 2.05) is 27.7 Å². The number of hydrogen-bond acceptors (Lipinski definition) is 5. The van der Waals surface area contributed by atoms with Gasteiger partial charge in [-0.1, -0.05) is 5.21 Å². The van der Waals surface area contributed by atoms with Crippen molar-refractivity contribution in [3.05, 3.63) is 12.1 Å². The van der Waals surface area contributed by atoms with Gasteiger partial charge in [-0.3, -0.25) is 0 Å². The summed E-state index contributed by atoms with van der Waals surface area (Å²) in [4.78, 5) is 4.36. The van der Waals surface area contributed by atoms with Gasteiger partial charge in [-0.25, -0.2) is 18.4 Å². The van der Waals surface area contributed by atoms with Crippen LogP contribution in [0.3, 0.4) is 0 Å². The monoisotopic (exact) mass is 310 g/mol. The molecule has 2 aromatic heterocycles. The molecule has 0 bridgehead atoms. The summed E-state index contributed by atoms with van der Waals surface area (Å²) >= 11 is 0. The van der Waals surface area contributed by atoms with Crippen molar-refractivity contribution in [1.29, 1.82) is 0 Å². The molecule has 118 valence electrons. The Balaban J connectivity index is 1.96. The molecule has 0 atom stereocenters. The highest BCUT2D eigenvalue weighted by molar-refractivity contribution is 6.61. The molecule has 0 radical (unpaired) electrons. The first kappa shape index (κ1) is 15.3. The van der Waals surface area contributed by atoms with Crippen LogP contribution in [-0.2, 0) is 15.9 Å². The molecule has 1 fully saturated rings. The van der Waals surface area contributed by atoms with Crippen LogP contribution in [0, 0.1) is 0 Å². The fourth-order valence-electron chi connectivity index (χ4n) is 2.22. The molecule has 6 nitrogen and oxygen atoms in total. The van der Waals surface area contributed by atoms with Crippen molar-refractivity contribution in [2.24, 2.45) is 0 Å². The van der Waals surface area contributed by atoms with Crippen LogP contribution < -0.4 is 5.59 Å². The summed E-state index contributed by atoms with van der Waals surface area (Å²) in [7, 11) is -0.649. The van der Waals surface area contributed by atoms with Gasteiger partial charge in [-0.05, 0) is 39.8 Å². The lowest BCUT2D eigenvalue weighted by molar-refractivity contribution is 0.00578. The van der Waals surface area contributed by atoms with E-state index in [2.05, 4.69) is 15.3 Å². The fraction of sp³-hybridized carbons (Fsp3) is 0.615. The molecule has 0 aromatic carbocycles. The van der Waals surface area contributed by atoms with Gasteiger partial charge in [-0.2, -0.15) is 0 Å². The minimum Gasteiger partial charge on any atom is -0.398 e. The molecule has 3 rings (SSSR count). The predicted octanol–water partition coefficient (Wildman–Crippen LogP) is 1.39. The number of fused-ring (bicyclic) bond motifs is 1. The van der Waals surface area contributed by atoms with Crippen LogP contribution >= 0.6 is 0 Å². The maximum Gasteiger partial charge on any atom is 0.514 e. The zero-order valence-electron chi connectivity index (χ0n) is 12.9. The Morgan fingerprint density at radius 3 is 2.41 bits per heavy atom. The van der Waals surface area contributed by atoms with Gasteiger partial charge in [0, 0.05) is 0 Å². The highest BCUT2D eigenvalue weighted by Gasteiger charge is 2.52. The largest absolute Gasteiger partial charge is 0.514 e. The van der Waals surface area contributed by atoms with Gasteiger partial charge in [0.25, 0.3) is 6.43 Å². The van der Waals surface area contributed by atoms with Crippen LogP contribution in [0.25, 0.3) is 11.2 Å². The van der Waals surface area contributed by atoms with Gasteiger partial charge >= 0.3 is 7.12 Å². The van der Waals surface area contributed by atoms with Crippen LogP contribution in [0.1, 0.15) is 27.7 Å². The molecule has 1 aliphatic rings. The predicted molar refractivity (Wildman–Crippen MR) is 77.0 cm³/mol. The van der Waals surface area contributed by atoms with E-state index in [1.54, 1.807) is 12.1 Å². The molecule has 0 N–H and O–H groups in total. The molecule has 0 unspecified atom stereocenters. The third-order valence-electron chi connectivity index (χ3n) is 4.19. The average Bonchev–Trinajstić information content (AvgIpc) is 2.88. The Hall–Kier alpha value is -1.61. The number of pyridine rings is 1. The maximum atomic E-state index is 12.6. The molecule has 3 heterocycles. The normalized spacial score (nSPS) is 20.2. The third kappa shape index (κ3) is 2.48. The highest BCUT2D eigenvalue weighted by Crippen LogP contribution is 2.36. The molecule has 0 amide bonds. The van der Waals surface area contributed by atoms with Gasteiger partial charge in [0.05, 0.1) is 16.8 Å². The van der Waals surface area contributed by atoms with E-state index in [9.17, 15) is 8.78 Å². The summed E-state index contributed by atoms with van der Waals surface area (Å²) in [6, 6.07) is 3.39. The van der Waals surface area contributed by atoms with Crippen LogP contribution in [-0.4, -0.2) is 44.7 Å². The maximum absolute atomic E-state index is 12.6. The van der Waals surface area contributed by atoms with E-state index in [4.69, 9.17) is 9.31 Å². The van der Waals surface area contributed by atoms with Crippen LogP contribution in [0.15, 0.2) is 12.1 Å². The number of rotatable bonds is 3. The van der Waals surface area contributed by atoms with E-state index >= 15 is 0 Å². The van der Waals surface area contributed by atoms with Gasteiger partial charge in [-0.15, -0.1) is 5.10 Å². The van der Waals surface area contributed by atoms with Crippen LogP contribution in [0.5, 0.6) is 0 Å². The van der Waals surface area contributed by atoms with Crippen molar-refractivity contribution in [1.82, 2.24) is 20.0 Å². The fourth-order valence-corrected chi connectivity index (χ4v) is 2.22. The van der Waals surface area contributed by atoms with E-state index in [-0.39, 0.29) is 0 Å². The molecule has 0 aliphatic carbocycles. The number of alkyl halides is 2. The summed E-state index contributed by atoms with van der Waals surface area (Å²) in [5.74, 6) is 0. The van der Waals surface area contributed by atoms with Crippen molar-refractivity contribution >= 4 is 23.9 Å². The van der Waals surface area contributed by atoms with Crippen molar-refractivity contribution in [3.63, 3.8) is 0 Å². The lowest BCUT2D eigenvalue weighted by Gasteiger charge is -2.32. The van der Waals surface area contributed by atoms with Gasteiger partial charge in [0.1, 0.15) is 12.1 Å². The minimum atomic E-state index is -2.52. The summed E-state index contributed by atoms with van der Waals surface area (Å²) in [6.07, 6.45) is -2.52. The molecule has 9 heteroatoms. The van der Waals surface area contributed by atoms with E-state index in [0.29, 0.717) is 16.8 Å². The molecule has 2 aromatic rings. The quantitative estimate of drug-likeness (QED) is 0.802. The molecule has 1 saturated heterocycles. The van der Waals surface area contributed by atoms with E-state index in [0.717, 1.165) is 4.68 Å². The Bertz CT molecular complexity index is 688. The lowest BCUT2D eigenvalue weighted by atomic mass is 9.84. The minimum absolute atomic E-state index is 0.299. The lowest BCUT2D eigenvalue weighted by Crippen LogP contribution is -2.41. The summed E-state index contributed by atoms with van der Waals surface area (Å²) in [5.41, 5.74) is 0.295. The van der Waals surface area contributed by atoms with E-state index < -0.39 is 31.3 Å². The SMILES string of the molecule is CC1(C)OB(c2ccc3nnn(CC(F)F)c3n2)OC1(C)C. The third-order valence-corrected chi connectivity index (χ3v) is 4.19. The summed E-state index contributed by atoms with van der Waals surface area (Å²) in [5, 5.41) is 7.54. The van der Waals surface area contributed by atoms with Crippen molar-refractivity contribution in [3.8, 4) is 0 Å². The number of halogens is 2. The molecule has 1 aliphatic heterocycles. The Morgan fingerprint density at radius 1 is 1.18 bits per heavy atom. The van der Waals surface area contributed by atoms with Gasteiger partial charge < -0.3 is 9.31 Å². The second-order valence-electron chi connectivity index (χ2n) is 6.33. The first-order valence-corrected chi connectivity index (χ1v) is 7.03. The second-order valence-corrected chi connectivity index (χ2v) is 6.33. The Morgan fingerprint density at radius 2 is 1.82 bits per heavy atom. The average molecular weight is 310 g/mol. The molecular formula is C13H17BF2N4O2. The smallest absolute Gasteiger partial charge is 0.398 e. The number of aromatic nitrogens is 4. The van der Waals surface area contributed by atoms with Gasteiger partial charge in [0.15, 0.2) is 5.65 Å². The summed E-state index contributed by atoms with van der Waals surface area (Å²) < 4.78 is 38.0. The first-order chi connectivity index (χ1) is 10.2. The van der Waals surface area contributed by atoms with Gasteiger partial charge in [0.2, 0.25) is 0 Å². The first-order valence-electron chi connectivity index (χ1n) is 7.03. The number of nitrogens with zero attached hydrogens (tertiary/aromatic N) is 4. The number of hydrogen-bond donors (Lipinski definition) is 0. The van der Waals surface area contributed by atoms with Crippen molar-refractivity contribution in [2.75, 3.05) is 0 Å². The topological polar surface area (TPSA) is 62.1 Å². The molecule has 0 saturated carbocycles. The Kier molecular flexibility index (Phi) is 3.44. The second kappa shape index (κ2) is 4.95. The molecular weight excluding hydrogens is 293 g/mol. The molecule has 0 spiro atoms. The zero-order chi connectivity index (χ0) is 16.1. The summed E-state index contributed by atoms with van der Waals surface area (Å²) in [6.45, 7) is 7.21. The van der Waals surface area contributed by atoms with Crippen LogP contribution in [0.4, 0.5) is 8.78 Å². The standard InChI is InChI=1S/C13H17BF2N4O2/c1-12(2)13(3,4)22-14(21-12)9-6-5-8-11(17-9)20(19-18-8)7-10(15)16/h5-6,10H,7H2,1-4H3. The van der Waals surface area contributed by atoms with E-state index in [1.165, 1.54) is 0 Å². The zero-order valence-corrected chi connectivity index (χ0v) is 12.9. The van der Waals surface area contributed by atoms with Crippen molar-refractivity contribution in [2.45, 2.75) is 51.9 Å².